The molecule has 0 fully saturated rings. The van der Waals surface area contributed by atoms with E-state index in [1.165, 1.54) is 0 Å². The van der Waals surface area contributed by atoms with E-state index in [4.69, 9.17) is 5.73 Å². The zero-order valence-electron chi connectivity index (χ0n) is 9.87. The molecule has 0 saturated carbocycles. The minimum atomic E-state index is 0.635. The number of rotatable bonds is 5. The van der Waals surface area contributed by atoms with E-state index in [9.17, 15) is 0 Å². The highest BCUT2D eigenvalue weighted by Crippen LogP contribution is 2.20. The Morgan fingerprint density at radius 3 is 3.06 bits per heavy atom. The summed E-state index contributed by atoms with van der Waals surface area (Å²) in [5.74, 6) is 0.790. The Labute approximate surface area is 99.9 Å². The summed E-state index contributed by atoms with van der Waals surface area (Å²) in [4.78, 5) is 4.12. The van der Waals surface area contributed by atoms with Crippen molar-refractivity contribution in [2.45, 2.75) is 26.3 Å². The van der Waals surface area contributed by atoms with Crippen molar-refractivity contribution in [3.63, 3.8) is 0 Å². The maximum Gasteiger partial charge on any atom is 0.182 e. The van der Waals surface area contributed by atoms with E-state index >= 15 is 0 Å². The second-order valence-electron chi connectivity index (χ2n) is 3.75. The Kier molecular flexibility index (Phi) is 3.77. The molecule has 0 aliphatic rings. The summed E-state index contributed by atoms with van der Waals surface area (Å²) in [5.41, 5.74) is 7.69. The highest BCUT2D eigenvalue weighted by Gasteiger charge is 2.11. The molecule has 0 unspecified atom stereocenters. The van der Waals surface area contributed by atoms with Gasteiger partial charge in [-0.1, -0.05) is 6.92 Å². The SMILES string of the molecule is CCc1cnccc1-c1nnnn1CCCN. The van der Waals surface area contributed by atoms with Gasteiger partial charge in [0.2, 0.25) is 0 Å². The van der Waals surface area contributed by atoms with E-state index in [1.54, 1.807) is 10.9 Å². The number of tetrazole rings is 1. The van der Waals surface area contributed by atoms with Crippen molar-refractivity contribution in [2.24, 2.45) is 5.73 Å². The van der Waals surface area contributed by atoms with Crippen LogP contribution in [0.5, 0.6) is 0 Å². The molecular formula is C11H16N6. The van der Waals surface area contributed by atoms with Gasteiger partial charge >= 0.3 is 0 Å². The minimum absolute atomic E-state index is 0.635. The van der Waals surface area contributed by atoms with Crippen molar-refractivity contribution in [2.75, 3.05) is 6.54 Å². The lowest BCUT2D eigenvalue weighted by molar-refractivity contribution is 0.568. The third kappa shape index (κ3) is 2.47. The number of aromatic nitrogens is 5. The van der Waals surface area contributed by atoms with Gasteiger partial charge in [0, 0.05) is 24.5 Å². The highest BCUT2D eigenvalue weighted by atomic mass is 15.5. The molecule has 2 aromatic heterocycles. The maximum atomic E-state index is 5.50. The summed E-state index contributed by atoms with van der Waals surface area (Å²) in [6, 6.07) is 1.95. The second-order valence-corrected chi connectivity index (χ2v) is 3.75. The third-order valence-corrected chi connectivity index (χ3v) is 2.63. The number of nitrogens with zero attached hydrogens (tertiary/aromatic N) is 5. The van der Waals surface area contributed by atoms with E-state index in [-0.39, 0.29) is 0 Å². The first-order valence-corrected chi connectivity index (χ1v) is 5.76. The Morgan fingerprint density at radius 1 is 1.41 bits per heavy atom. The molecule has 2 rings (SSSR count). The van der Waals surface area contributed by atoms with Gasteiger partial charge in [0.25, 0.3) is 0 Å². The smallest absolute Gasteiger partial charge is 0.182 e. The number of hydrogen-bond donors (Lipinski definition) is 1. The van der Waals surface area contributed by atoms with Crippen LogP contribution in [0.25, 0.3) is 11.4 Å². The van der Waals surface area contributed by atoms with Crippen LogP contribution in [0, 0.1) is 0 Å². The van der Waals surface area contributed by atoms with Crippen molar-refractivity contribution >= 4 is 0 Å². The molecular weight excluding hydrogens is 216 g/mol. The summed E-state index contributed by atoms with van der Waals surface area (Å²) in [6.45, 7) is 3.47. The lowest BCUT2D eigenvalue weighted by atomic mass is 10.1. The molecule has 0 bridgehead atoms. The molecule has 0 aromatic carbocycles. The van der Waals surface area contributed by atoms with Gasteiger partial charge in [0.05, 0.1) is 0 Å². The van der Waals surface area contributed by atoms with Crippen molar-refractivity contribution in [1.29, 1.82) is 0 Å². The second kappa shape index (κ2) is 5.49. The summed E-state index contributed by atoms with van der Waals surface area (Å²) < 4.78 is 1.79. The Bertz CT molecular complexity index is 478. The molecule has 2 aromatic rings. The predicted octanol–water partition coefficient (Wildman–Crippen LogP) is 0.646. The summed E-state index contributed by atoms with van der Waals surface area (Å²) in [5, 5.41) is 11.8. The molecule has 0 aliphatic heterocycles. The van der Waals surface area contributed by atoms with Crippen LogP contribution >= 0.6 is 0 Å². The predicted molar refractivity (Wildman–Crippen MR) is 64.1 cm³/mol. The van der Waals surface area contributed by atoms with E-state index in [2.05, 4.69) is 27.4 Å². The summed E-state index contributed by atoms with van der Waals surface area (Å²) in [6.07, 6.45) is 5.39. The van der Waals surface area contributed by atoms with Gasteiger partial charge in [-0.25, -0.2) is 4.68 Å². The van der Waals surface area contributed by atoms with Crippen molar-refractivity contribution in [3.8, 4) is 11.4 Å². The molecule has 2 N–H and O–H groups in total. The van der Waals surface area contributed by atoms with Crippen LogP contribution in [0.3, 0.4) is 0 Å². The first-order chi connectivity index (χ1) is 8.36. The first-order valence-electron chi connectivity index (χ1n) is 5.76. The largest absolute Gasteiger partial charge is 0.330 e. The van der Waals surface area contributed by atoms with Gasteiger partial charge in [-0.2, -0.15) is 0 Å². The quantitative estimate of drug-likeness (QED) is 0.818. The average Bonchev–Trinajstić information content (AvgIpc) is 2.84. The molecule has 6 heteroatoms. The summed E-state index contributed by atoms with van der Waals surface area (Å²) >= 11 is 0. The Hall–Kier alpha value is -1.82. The number of aryl methyl sites for hydroxylation is 2. The number of hydrogen-bond acceptors (Lipinski definition) is 5. The van der Waals surface area contributed by atoms with Crippen molar-refractivity contribution < 1.29 is 0 Å². The number of pyridine rings is 1. The average molecular weight is 232 g/mol. The third-order valence-electron chi connectivity index (χ3n) is 2.63. The van der Waals surface area contributed by atoms with Gasteiger partial charge in [0.15, 0.2) is 5.82 Å². The molecule has 0 amide bonds. The lowest BCUT2D eigenvalue weighted by Gasteiger charge is -2.07. The molecule has 0 spiro atoms. The van der Waals surface area contributed by atoms with Crippen LogP contribution in [0.15, 0.2) is 18.5 Å². The Morgan fingerprint density at radius 2 is 2.29 bits per heavy atom. The molecule has 0 radical (unpaired) electrons. The standard InChI is InChI=1S/C11H16N6/c1-2-9-8-13-6-4-10(9)11-14-15-16-17(11)7-3-5-12/h4,6,8H,2-3,5,7,12H2,1H3. The maximum absolute atomic E-state index is 5.50. The van der Waals surface area contributed by atoms with Gasteiger partial charge < -0.3 is 5.73 Å². The van der Waals surface area contributed by atoms with E-state index in [1.807, 2.05) is 12.3 Å². The van der Waals surface area contributed by atoms with Crippen LogP contribution in [0.1, 0.15) is 18.9 Å². The normalized spacial score (nSPS) is 10.7. The minimum Gasteiger partial charge on any atom is -0.330 e. The zero-order valence-corrected chi connectivity index (χ0v) is 9.87. The highest BCUT2D eigenvalue weighted by molar-refractivity contribution is 5.58. The van der Waals surface area contributed by atoms with Crippen LogP contribution in [0.2, 0.25) is 0 Å². The van der Waals surface area contributed by atoms with Gasteiger partial charge in [-0.05, 0) is 41.4 Å². The van der Waals surface area contributed by atoms with Crippen LogP contribution in [0.4, 0.5) is 0 Å². The molecule has 0 saturated heterocycles. The topological polar surface area (TPSA) is 82.5 Å². The molecule has 17 heavy (non-hydrogen) atoms. The zero-order chi connectivity index (χ0) is 12.1. The van der Waals surface area contributed by atoms with Crippen molar-refractivity contribution in [3.05, 3.63) is 24.0 Å². The number of nitrogens with two attached hydrogens (primary N) is 1. The first kappa shape index (κ1) is 11.7. The summed E-state index contributed by atoms with van der Waals surface area (Å²) in [7, 11) is 0. The molecule has 0 aliphatic carbocycles. The van der Waals surface area contributed by atoms with E-state index < -0.39 is 0 Å². The molecule has 0 atom stereocenters. The monoisotopic (exact) mass is 232 g/mol. The van der Waals surface area contributed by atoms with E-state index in [0.717, 1.165) is 36.3 Å². The van der Waals surface area contributed by atoms with Crippen LogP contribution < -0.4 is 5.73 Å². The van der Waals surface area contributed by atoms with E-state index in [0.29, 0.717) is 6.54 Å². The van der Waals surface area contributed by atoms with Gasteiger partial charge in [-0.15, -0.1) is 5.10 Å². The molecule has 90 valence electrons. The fourth-order valence-corrected chi connectivity index (χ4v) is 1.72. The van der Waals surface area contributed by atoms with Gasteiger partial charge in [0.1, 0.15) is 0 Å². The lowest BCUT2D eigenvalue weighted by Crippen LogP contribution is -2.09. The Balaban J connectivity index is 2.35. The van der Waals surface area contributed by atoms with Crippen molar-refractivity contribution in [1.82, 2.24) is 25.2 Å². The van der Waals surface area contributed by atoms with Gasteiger partial charge in [-0.3, -0.25) is 4.98 Å². The fourth-order valence-electron chi connectivity index (χ4n) is 1.72. The molecule has 2 heterocycles. The van der Waals surface area contributed by atoms with Crippen LogP contribution in [-0.2, 0) is 13.0 Å². The molecule has 6 nitrogen and oxygen atoms in total. The van der Waals surface area contributed by atoms with Crippen LogP contribution in [-0.4, -0.2) is 31.7 Å². The fraction of sp³-hybridized carbons (Fsp3) is 0.455.